The summed E-state index contributed by atoms with van der Waals surface area (Å²) in [5, 5.41) is 3.01. The predicted octanol–water partition coefficient (Wildman–Crippen LogP) is 2.53. The fourth-order valence-corrected chi connectivity index (χ4v) is 2.09. The molecule has 0 saturated heterocycles. The lowest BCUT2D eigenvalue weighted by Crippen LogP contribution is -2.52. The predicted molar refractivity (Wildman–Crippen MR) is 80.9 cm³/mol. The Morgan fingerprint density at radius 2 is 1.55 bits per heavy atom. The summed E-state index contributed by atoms with van der Waals surface area (Å²) in [6, 6.07) is 6.77. The van der Waals surface area contributed by atoms with E-state index in [0.717, 1.165) is 12.8 Å². The van der Waals surface area contributed by atoms with E-state index < -0.39 is 0 Å². The second-order valence-corrected chi connectivity index (χ2v) is 5.00. The van der Waals surface area contributed by atoms with Crippen molar-refractivity contribution in [2.75, 3.05) is 6.54 Å². The molecule has 3 N–H and O–H groups in total. The molecule has 20 heavy (non-hydrogen) atoms. The van der Waals surface area contributed by atoms with Crippen molar-refractivity contribution in [3.05, 3.63) is 35.4 Å². The maximum absolute atomic E-state index is 12.2. The van der Waals surface area contributed by atoms with Gasteiger partial charge in [-0.2, -0.15) is 0 Å². The lowest BCUT2D eigenvalue weighted by atomic mass is 9.92. The molecule has 1 aromatic rings. The molecule has 1 amide bonds. The van der Waals surface area contributed by atoms with Crippen LogP contribution in [0.3, 0.4) is 0 Å². The first-order valence-corrected chi connectivity index (χ1v) is 7.17. The van der Waals surface area contributed by atoms with Crippen LogP contribution in [0, 0.1) is 0 Å². The number of carbonyl (C=O) groups is 2. The van der Waals surface area contributed by atoms with Crippen LogP contribution in [-0.2, 0) is 0 Å². The number of carbonyl (C=O) groups excluding carboxylic acids is 2. The monoisotopic (exact) mass is 276 g/mol. The molecule has 1 rings (SSSR count). The molecular formula is C16H24N2O2. The number of hydrogen-bond donors (Lipinski definition) is 2. The van der Waals surface area contributed by atoms with E-state index in [9.17, 15) is 9.59 Å². The molecule has 0 radical (unpaired) electrons. The third kappa shape index (κ3) is 3.67. The average Bonchev–Trinajstić information content (AvgIpc) is 2.52. The molecule has 0 unspecified atom stereocenters. The van der Waals surface area contributed by atoms with Crippen molar-refractivity contribution >= 4 is 11.7 Å². The van der Waals surface area contributed by atoms with Gasteiger partial charge in [0.2, 0.25) is 0 Å². The summed E-state index contributed by atoms with van der Waals surface area (Å²) in [6.07, 6.45) is 2.05. The van der Waals surface area contributed by atoms with Gasteiger partial charge in [-0.1, -0.05) is 32.9 Å². The highest BCUT2D eigenvalue weighted by atomic mass is 16.1. The minimum atomic E-state index is -0.352. The highest BCUT2D eigenvalue weighted by Crippen LogP contribution is 2.15. The van der Waals surface area contributed by atoms with E-state index in [4.69, 9.17) is 5.73 Å². The Morgan fingerprint density at radius 3 is 1.95 bits per heavy atom. The third-order valence-electron chi connectivity index (χ3n) is 3.91. The zero-order valence-corrected chi connectivity index (χ0v) is 12.5. The quantitative estimate of drug-likeness (QED) is 0.752. The molecule has 0 bridgehead atoms. The van der Waals surface area contributed by atoms with Gasteiger partial charge < -0.3 is 11.1 Å². The fraction of sp³-hybridized carbons (Fsp3) is 0.500. The van der Waals surface area contributed by atoms with Crippen molar-refractivity contribution in [3.63, 3.8) is 0 Å². The van der Waals surface area contributed by atoms with Crippen LogP contribution in [0.4, 0.5) is 0 Å². The van der Waals surface area contributed by atoms with Crippen molar-refractivity contribution in [1.82, 2.24) is 5.32 Å². The molecular weight excluding hydrogens is 252 g/mol. The summed E-state index contributed by atoms with van der Waals surface area (Å²) in [4.78, 5) is 23.8. The molecule has 1 aromatic carbocycles. The number of ketones is 1. The van der Waals surface area contributed by atoms with E-state index in [1.54, 1.807) is 24.3 Å². The average molecular weight is 276 g/mol. The van der Waals surface area contributed by atoms with Crippen LogP contribution in [0.2, 0.25) is 0 Å². The second-order valence-electron chi connectivity index (χ2n) is 5.00. The Labute approximate surface area is 120 Å². The van der Waals surface area contributed by atoms with Gasteiger partial charge in [0.1, 0.15) is 0 Å². The third-order valence-corrected chi connectivity index (χ3v) is 3.91. The van der Waals surface area contributed by atoms with Crippen LogP contribution in [0.25, 0.3) is 0 Å². The molecule has 0 heterocycles. The first-order valence-electron chi connectivity index (χ1n) is 7.17. The molecule has 0 aliphatic rings. The normalized spacial score (nSPS) is 11.2. The Hall–Kier alpha value is -1.68. The van der Waals surface area contributed by atoms with Crippen LogP contribution in [0.15, 0.2) is 24.3 Å². The van der Waals surface area contributed by atoms with E-state index in [0.29, 0.717) is 24.1 Å². The summed E-state index contributed by atoms with van der Waals surface area (Å²) < 4.78 is 0. The molecule has 0 saturated carbocycles. The summed E-state index contributed by atoms with van der Waals surface area (Å²) in [5.41, 5.74) is 6.62. The van der Waals surface area contributed by atoms with Gasteiger partial charge in [0.05, 0.1) is 5.54 Å². The number of hydrogen-bond acceptors (Lipinski definition) is 3. The fourth-order valence-electron chi connectivity index (χ4n) is 2.09. The summed E-state index contributed by atoms with van der Waals surface area (Å²) in [5.74, 6) is -0.0648. The summed E-state index contributed by atoms with van der Waals surface area (Å²) in [7, 11) is 0. The van der Waals surface area contributed by atoms with Crippen LogP contribution < -0.4 is 11.1 Å². The summed E-state index contributed by atoms with van der Waals surface area (Å²) in [6.45, 7) is 6.26. The lowest BCUT2D eigenvalue weighted by molar-refractivity contribution is 0.0893. The Morgan fingerprint density at radius 1 is 1.05 bits per heavy atom. The van der Waals surface area contributed by atoms with Crippen LogP contribution in [0.5, 0.6) is 0 Å². The van der Waals surface area contributed by atoms with Crippen molar-refractivity contribution in [2.24, 2.45) is 5.73 Å². The number of nitrogens with two attached hydrogens (primary N) is 1. The molecule has 0 spiro atoms. The number of amides is 1. The molecule has 4 heteroatoms. The smallest absolute Gasteiger partial charge is 0.251 e. The SMILES string of the molecule is CCC(=O)c1ccc(C(=O)NC(CC)(CC)CN)cc1. The van der Waals surface area contributed by atoms with Crippen LogP contribution in [-0.4, -0.2) is 23.8 Å². The van der Waals surface area contributed by atoms with Crippen molar-refractivity contribution in [1.29, 1.82) is 0 Å². The standard InChI is InChI=1S/C16H24N2O2/c1-4-14(19)12-7-9-13(10-8-12)15(20)18-16(5-2,6-3)11-17/h7-10H,4-6,11,17H2,1-3H3,(H,18,20). The van der Waals surface area contributed by atoms with Gasteiger partial charge in [0, 0.05) is 24.1 Å². The van der Waals surface area contributed by atoms with Crippen molar-refractivity contribution < 1.29 is 9.59 Å². The number of nitrogens with one attached hydrogen (secondary N) is 1. The van der Waals surface area contributed by atoms with E-state index in [2.05, 4.69) is 5.32 Å². The van der Waals surface area contributed by atoms with Gasteiger partial charge in [0.25, 0.3) is 5.91 Å². The van der Waals surface area contributed by atoms with Gasteiger partial charge in [-0.3, -0.25) is 9.59 Å². The van der Waals surface area contributed by atoms with Gasteiger partial charge in [0.15, 0.2) is 5.78 Å². The number of Topliss-reactive ketones (excluding diaryl/α,β-unsaturated/α-hetero) is 1. The molecule has 0 aliphatic heterocycles. The van der Waals surface area contributed by atoms with E-state index in [-0.39, 0.29) is 17.2 Å². The molecule has 0 atom stereocenters. The van der Waals surface area contributed by atoms with Crippen molar-refractivity contribution in [2.45, 2.75) is 45.6 Å². The first-order chi connectivity index (χ1) is 9.51. The van der Waals surface area contributed by atoms with Gasteiger partial charge >= 0.3 is 0 Å². The lowest BCUT2D eigenvalue weighted by Gasteiger charge is -2.31. The van der Waals surface area contributed by atoms with Gasteiger partial charge in [-0.15, -0.1) is 0 Å². The first kappa shape index (κ1) is 16.4. The molecule has 0 aromatic heterocycles. The molecule has 0 aliphatic carbocycles. The van der Waals surface area contributed by atoms with Gasteiger partial charge in [-0.05, 0) is 25.0 Å². The van der Waals surface area contributed by atoms with E-state index in [1.165, 1.54) is 0 Å². The van der Waals surface area contributed by atoms with Crippen molar-refractivity contribution in [3.8, 4) is 0 Å². The summed E-state index contributed by atoms with van der Waals surface area (Å²) >= 11 is 0. The Bertz CT molecular complexity index is 454. The Kier molecular flexibility index (Phi) is 5.89. The van der Waals surface area contributed by atoms with Gasteiger partial charge in [-0.25, -0.2) is 0 Å². The minimum absolute atomic E-state index is 0.0791. The van der Waals surface area contributed by atoms with Crippen LogP contribution in [0.1, 0.15) is 60.7 Å². The van der Waals surface area contributed by atoms with E-state index >= 15 is 0 Å². The largest absolute Gasteiger partial charge is 0.345 e. The number of rotatable bonds is 7. The molecule has 110 valence electrons. The maximum Gasteiger partial charge on any atom is 0.251 e. The Balaban J connectivity index is 2.85. The van der Waals surface area contributed by atoms with E-state index in [1.807, 2.05) is 20.8 Å². The zero-order chi connectivity index (χ0) is 15.2. The minimum Gasteiger partial charge on any atom is -0.345 e. The topological polar surface area (TPSA) is 72.2 Å². The molecule has 4 nitrogen and oxygen atoms in total. The highest BCUT2D eigenvalue weighted by Gasteiger charge is 2.26. The highest BCUT2D eigenvalue weighted by molar-refractivity contribution is 5.98. The second kappa shape index (κ2) is 7.20. The zero-order valence-electron chi connectivity index (χ0n) is 12.5. The van der Waals surface area contributed by atoms with Crippen LogP contribution >= 0.6 is 0 Å². The molecule has 0 fully saturated rings. The maximum atomic E-state index is 12.2. The number of benzene rings is 1.